The summed E-state index contributed by atoms with van der Waals surface area (Å²) in [7, 11) is 0. The molecule has 1 N–H and O–H groups in total. The molecule has 0 unspecified atom stereocenters. The third-order valence-electron chi connectivity index (χ3n) is 2.85. The Morgan fingerprint density at radius 1 is 1.47 bits per heavy atom. The molecule has 7 heteroatoms. The minimum atomic E-state index is -1.10. The van der Waals surface area contributed by atoms with Crippen molar-refractivity contribution in [3.05, 3.63) is 28.1 Å². The van der Waals surface area contributed by atoms with Crippen LogP contribution in [0.4, 0.5) is 0 Å². The lowest BCUT2D eigenvalue weighted by Gasteiger charge is -2.07. The first-order chi connectivity index (χ1) is 8.93. The fourth-order valence-corrected chi connectivity index (χ4v) is 1.89. The number of aromatic nitrogens is 4. The largest absolute Gasteiger partial charge is 0.480 e. The van der Waals surface area contributed by atoms with Crippen molar-refractivity contribution in [1.29, 1.82) is 0 Å². The number of rotatable bonds is 4. The molecule has 0 aliphatic carbocycles. The fraction of sp³-hybridized carbons (Fsp3) is 0.500. The van der Waals surface area contributed by atoms with Gasteiger partial charge in [-0.05, 0) is 5.92 Å². The molecule has 0 radical (unpaired) electrons. The molecular formula is C12H16N4O3. The lowest BCUT2D eigenvalue weighted by Crippen LogP contribution is -2.26. The monoisotopic (exact) mass is 264 g/mol. The molecule has 0 aliphatic rings. The van der Waals surface area contributed by atoms with Gasteiger partial charge in [0.1, 0.15) is 12.4 Å². The molecular weight excluding hydrogens is 248 g/mol. The van der Waals surface area contributed by atoms with E-state index < -0.39 is 18.2 Å². The summed E-state index contributed by atoms with van der Waals surface area (Å²) in [5, 5.41) is 12.8. The van der Waals surface area contributed by atoms with Gasteiger partial charge in [-0.3, -0.25) is 4.79 Å². The molecule has 7 nitrogen and oxygen atoms in total. The van der Waals surface area contributed by atoms with E-state index in [1.54, 1.807) is 6.07 Å². The van der Waals surface area contributed by atoms with Crippen molar-refractivity contribution < 1.29 is 9.90 Å². The Hall–Kier alpha value is -2.18. The smallest absolute Gasteiger partial charge is 0.352 e. The molecule has 0 atom stereocenters. The molecule has 2 aromatic heterocycles. The van der Waals surface area contributed by atoms with Gasteiger partial charge in [0, 0.05) is 18.2 Å². The molecule has 2 heterocycles. The second-order valence-corrected chi connectivity index (χ2v) is 4.63. The van der Waals surface area contributed by atoms with E-state index in [1.165, 1.54) is 4.40 Å². The minimum Gasteiger partial charge on any atom is -0.480 e. The highest BCUT2D eigenvalue weighted by Crippen LogP contribution is 2.14. The molecule has 0 aromatic carbocycles. The van der Waals surface area contributed by atoms with Crippen molar-refractivity contribution in [2.45, 2.75) is 39.7 Å². The molecule has 0 spiro atoms. The predicted octanol–water partition coefficient (Wildman–Crippen LogP) is 0.661. The summed E-state index contributed by atoms with van der Waals surface area (Å²) in [6.07, 6.45) is 0.579. The first-order valence-electron chi connectivity index (χ1n) is 6.15. The average Bonchev–Trinajstić information content (AvgIpc) is 2.64. The molecule has 0 saturated carbocycles. The standard InChI is InChI=1S/C12H16N4O3/c1-4-9-13-8(7(2)3)5-10-14-15(6-11(17)18)12(19)16(9)10/h5,7H,4,6H2,1-3H3,(H,17,18). The van der Waals surface area contributed by atoms with Gasteiger partial charge in [0.25, 0.3) is 0 Å². The van der Waals surface area contributed by atoms with Crippen molar-refractivity contribution in [2.75, 3.05) is 0 Å². The third kappa shape index (κ3) is 2.35. The van der Waals surface area contributed by atoms with E-state index in [2.05, 4.69) is 10.1 Å². The minimum absolute atomic E-state index is 0.218. The lowest BCUT2D eigenvalue weighted by atomic mass is 10.1. The summed E-state index contributed by atoms with van der Waals surface area (Å²) in [6.45, 7) is 5.46. The van der Waals surface area contributed by atoms with Gasteiger partial charge in [-0.25, -0.2) is 18.9 Å². The van der Waals surface area contributed by atoms with Crippen LogP contribution >= 0.6 is 0 Å². The van der Waals surface area contributed by atoms with Crippen molar-refractivity contribution in [1.82, 2.24) is 19.2 Å². The molecule has 0 amide bonds. The maximum Gasteiger partial charge on any atom is 0.352 e. The van der Waals surface area contributed by atoms with Gasteiger partial charge in [-0.15, -0.1) is 5.10 Å². The number of carboxylic acids is 1. The van der Waals surface area contributed by atoms with Crippen LogP contribution in [-0.2, 0) is 17.8 Å². The summed E-state index contributed by atoms with van der Waals surface area (Å²) in [4.78, 5) is 27.2. The number of nitrogens with zero attached hydrogens (tertiary/aromatic N) is 4. The zero-order chi connectivity index (χ0) is 14.2. The summed E-state index contributed by atoms with van der Waals surface area (Å²) in [5.74, 6) is -0.279. The van der Waals surface area contributed by atoms with Crippen LogP contribution in [0.15, 0.2) is 10.9 Å². The number of hydrogen-bond acceptors (Lipinski definition) is 4. The van der Waals surface area contributed by atoms with E-state index in [1.807, 2.05) is 20.8 Å². The summed E-state index contributed by atoms with van der Waals surface area (Å²) in [5.41, 5.74) is 0.829. The van der Waals surface area contributed by atoms with E-state index in [4.69, 9.17) is 5.11 Å². The highest BCUT2D eigenvalue weighted by atomic mass is 16.4. The highest BCUT2D eigenvalue weighted by molar-refractivity contribution is 5.66. The molecule has 19 heavy (non-hydrogen) atoms. The number of carboxylic acid groups (broad SMARTS) is 1. The van der Waals surface area contributed by atoms with Crippen molar-refractivity contribution >= 4 is 11.6 Å². The fourth-order valence-electron chi connectivity index (χ4n) is 1.89. The topological polar surface area (TPSA) is 89.5 Å². The average molecular weight is 264 g/mol. The number of fused-ring (bicyclic) bond motifs is 1. The summed E-state index contributed by atoms with van der Waals surface area (Å²) < 4.78 is 2.32. The van der Waals surface area contributed by atoms with Crippen molar-refractivity contribution in [2.24, 2.45) is 0 Å². The second kappa shape index (κ2) is 4.83. The van der Waals surface area contributed by atoms with Crippen LogP contribution in [0.3, 0.4) is 0 Å². The lowest BCUT2D eigenvalue weighted by molar-refractivity contribution is -0.137. The van der Waals surface area contributed by atoms with Gasteiger partial charge >= 0.3 is 11.7 Å². The number of hydrogen-bond donors (Lipinski definition) is 1. The molecule has 0 fully saturated rings. The van der Waals surface area contributed by atoms with Gasteiger partial charge in [-0.2, -0.15) is 0 Å². The summed E-state index contributed by atoms with van der Waals surface area (Å²) >= 11 is 0. The molecule has 0 aliphatic heterocycles. The second-order valence-electron chi connectivity index (χ2n) is 4.63. The van der Waals surface area contributed by atoms with Crippen LogP contribution in [-0.4, -0.2) is 30.2 Å². The van der Waals surface area contributed by atoms with E-state index >= 15 is 0 Å². The molecule has 2 aromatic rings. The Bertz CT molecular complexity index is 684. The normalized spacial score (nSPS) is 11.4. The molecule has 102 valence electrons. The Kier molecular flexibility index (Phi) is 3.37. The highest BCUT2D eigenvalue weighted by Gasteiger charge is 2.15. The van der Waals surface area contributed by atoms with Crippen molar-refractivity contribution in [3.8, 4) is 0 Å². The Morgan fingerprint density at radius 2 is 2.16 bits per heavy atom. The first-order valence-corrected chi connectivity index (χ1v) is 6.15. The van der Waals surface area contributed by atoms with Gasteiger partial charge in [-0.1, -0.05) is 20.8 Å². The Morgan fingerprint density at radius 3 is 2.68 bits per heavy atom. The molecule has 0 saturated heterocycles. The first kappa shape index (κ1) is 13.3. The SMILES string of the molecule is CCc1nc(C(C)C)cc2nn(CC(=O)O)c(=O)n12. The number of aryl methyl sites for hydroxylation is 1. The van der Waals surface area contributed by atoms with Crippen LogP contribution in [0.1, 0.15) is 38.2 Å². The van der Waals surface area contributed by atoms with E-state index in [9.17, 15) is 9.59 Å². The van der Waals surface area contributed by atoms with E-state index in [0.29, 0.717) is 17.9 Å². The predicted molar refractivity (Wildman–Crippen MR) is 68.3 cm³/mol. The molecule has 2 rings (SSSR count). The van der Waals surface area contributed by atoms with E-state index in [0.717, 1.165) is 10.4 Å². The van der Waals surface area contributed by atoms with E-state index in [-0.39, 0.29) is 5.92 Å². The maximum absolute atomic E-state index is 12.1. The van der Waals surface area contributed by atoms with Crippen LogP contribution in [0.25, 0.3) is 5.65 Å². The van der Waals surface area contributed by atoms with Crippen LogP contribution in [0, 0.1) is 0 Å². The van der Waals surface area contributed by atoms with Crippen LogP contribution in [0.2, 0.25) is 0 Å². The number of carbonyl (C=O) groups is 1. The van der Waals surface area contributed by atoms with Gasteiger partial charge in [0.15, 0.2) is 5.65 Å². The summed E-state index contributed by atoms with van der Waals surface area (Å²) in [6, 6.07) is 1.73. The number of aliphatic carboxylic acids is 1. The van der Waals surface area contributed by atoms with Gasteiger partial charge in [0.05, 0.1) is 0 Å². The quantitative estimate of drug-likeness (QED) is 0.876. The van der Waals surface area contributed by atoms with Crippen LogP contribution in [0.5, 0.6) is 0 Å². The van der Waals surface area contributed by atoms with Crippen LogP contribution < -0.4 is 5.69 Å². The third-order valence-corrected chi connectivity index (χ3v) is 2.85. The molecule has 0 bridgehead atoms. The maximum atomic E-state index is 12.1. The zero-order valence-electron chi connectivity index (χ0n) is 11.1. The Labute approximate surface area is 109 Å². The zero-order valence-corrected chi connectivity index (χ0v) is 11.1. The van der Waals surface area contributed by atoms with Gasteiger partial charge in [0.2, 0.25) is 0 Å². The van der Waals surface area contributed by atoms with Gasteiger partial charge < -0.3 is 5.11 Å². The van der Waals surface area contributed by atoms with Crippen molar-refractivity contribution in [3.63, 3.8) is 0 Å². The Balaban J connectivity index is 2.71.